The molecule has 1 aliphatic carbocycles. The summed E-state index contributed by atoms with van der Waals surface area (Å²) in [5.41, 5.74) is 2.06. The molecule has 0 atom stereocenters. The van der Waals surface area contributed by atoms with Crippen LogP contribution in [-0.2, 0) is 6.42 Å². The van der Waals surface area contributed by atoms with Crippen LogP contribution in [0.5, 0.6) is 0 Å². The first-order valence-electron chi connectivity index (χ1n) is 5.45. The van der Waals surface area contributed by atoms with Crippen molar-refractivity contribution in [3.8, 4) is 0 Å². The van der Waals surface area contributed by atoms with Crippen LogP contribution in [0.1, 0.15) is 43.7 Å². The summed E-state index contributed by atoms with van der Waals surface area (Å²) in [4.78, 5) is 0. The zero-order valence-corrected chi connectivity index (χ0v) is 8.89. The molecule has 1 aromatic carbocycles. The Morgan fingerprint density at radius 1 is 1.36 bits per heavy atom. The van der Waals surface area contributed by atoms with E-state index in [2.05, 4.69) is 19.9 Å². The Morgan fingerprint density at radius 3 is 2.57 bits per heavy atom. The van der Waals surface area contributed by atoms with Crippen LogP contribution < -0.4 is 0 Å². The Bertz CT molecular complexity index is 324. The fraction of sp³-hybridized carbons (Fsp3) is 0.538. The van der Waals surface area contributed by atoms with Gasteiger partial charge in [-0.15, -0.1) is 0 Å². The van der Waals surface area contributed by atoms with Gasteiger partial charge in [-0.3, -0.25) is 0 Å². The van der Waals surface area contributed by atoms with E-state index in [1.165, 1.54) is 12.8 Å². The summed E-state index contributed by atoms with van der Waals surface area (Å²) in [7, 11) is 0. The Labute approximate surface area is 85.1 Å². The van der Waals surface area contributed by atoms with Crippen molar-refractivity contribution in [2.45, 2.75) is 39.0 Å². The zero-order valence-electron chi connectivity index (χ0n) is 8.89. The highest BCUT2D eigenvalue weighted by Gasteiger charge is 2.26. The number of halogens is 1. The second kappa shape index (κ2) is 3.72. The predicted octanol–water partition coefficient (Wildman–Crippen LogP) is 3.90. The molecule has 0 unspecified atom stereocenters. The quantitative estimate of drug-likeness (QED) is 0.681. The molecular formula is C13H17F. The van der Waals surface area contributed by atoms with Crippen LogP contribution in [0.15, 0.2) is 18.2 Å². The standard InChI is InChI=1S/C13H17F/c1-9(2)7-10-3-6-12(11-4-5-11)13(14)8-10/h3,6,8-9,11H,4-5,7H2,1-2H3. The van der Waals surface area contributed by atoms with Gasteiger partial charge in [0.1, 0.15) is 5.82 Å². The molecule has 0 amide bonds. The van der Waals surface area contributed by atoms with Crippen LogP contribution in [0.3, 0.4) is 0 Å². The van der Waals surface area contributed by atoms with E-state index in [4.69, 9.17) is 0 Å². The molecule has 1 aromatic rings. The largest absolute Gasteiger partial charge is 0.207 e. The van der Waals surface area contributed by atoms with Crippen molar-refractivity contribution >= 4 is 0 Å². The molecular weight excluding hydrogens is 175 g/mol. The van der Waals surface area contributed by atoms with E-state index in [0.29, 0.717) is 11.8 Å². The first-order valence-corrected chi connectivity index (χ1v) is 5.45. The normalized spacial score (nSPS) is 16.3. The summed E-state index contributed by atoms with van der Waals surface area (Å²) >= 11 is 0. The van der Waals surface area contributed by atoms with Crippen molar-refractivity contribution in [2.24, 2.45) is 5.92 Å². The van der Waals surface area contributed by atoms with Crippen LogP contribution in [0.2, 0.25) is 0 Å². The lowest BCUT2D eigenvalue weighted by atomic mass is 10.00. The van der Waals surface area contributed by atoms with Crippen LogP contribution >= 0.6 is 0 Å². The smallest absolute Gasteiger partial charge is 0.126 e. The average molecular weight is 192 g/mol. The van der Waals surface area contributed by atoms with E-state index < -0.39 is 0 Å². The third-order valence-electron chi connectivity index (χ3n) is 2.73. The lowest BCUT2D eigenvalue weighted by molar-refractivity contribution is 0.599. The summed E-state index contributed by atoms with van der Waals surface area (Å²) in [6, 6.07) is 5.77. The summed E-state index contributed by atoms with van der Waals surface area (Å²) in [6.45, 7) is 4.32. The second-order valence-corrected chi connectivity index (χ2v) is 4.73. The first-order chi connectivity index (χ1) is 6.66. The van der Waals surface area contributed by atoms with Gasteiger partial charge in [0.05, 0.1) is 0 Å². The molecule has 0 bridgehead atoms. The highest BCUT2D eigenvalue weighted by Crippen LogP contribution is 2.41. The minimum Gasteiger partial charge on any atom is -0.207 e. The summed E-state index contributed by atoms with van der Waals surface area (Å²) in [6.07, 6.45) is 3.31. The summed E-state index contributed by atoms with van der Waals surface area (Å²) < 4.78 is 13.6. The van der Waals surface area contributed by atoms with E-state index in [-0.39, 0.29) is 5.82 Å². The summed E-state index contributed by atoms with van der Waals surface area (Å²) in [5, 5.41) is 0. The van der Waals surface area contributed by atoms with Crippen LogP contribution in [0.25, 0.3) is 0 Å². The van der Waals surface area contributed by atoms with Crippen molar-refractivity contribution < 1.29 is 4.39 Å². The minimum absolute atomic E-state index is 0.00523. The lowest BCUT2D eigenvalue weighted by Gasteiger charge is -2.07. The van der Waals surface area contributed by atoms with Crippen molar-refractivity contribution in [1.82, 2.24) is 0 Å². The molecule has 2 rings (SSSR count). The Balaban J connectivity index is 2.17. The molecule has 0 heterocycles. The maximum absolute atomic E-state index is 13.6. The van der Waals surface area contributed by atoms with E-state index in [0.717, 1.165) is 17.5 Å². The van der Waals surface area contributed by atoms with Gasteiger partial charge in [0, 0.05) is 0 Å². The molecule has 1 saturated carbocycles. The molecule has 1 heteroatoms. The molecule has 0 aliphatic heterocycles. The first kappa shape index (κ1) is 9.70. The van der Waals surface area contributed by atoms with Crippen molar-refractivity contribution in [2.75, 3.05) is 0 Å². The van der Waals surface area contributed by atoms with Crippen molar-refractivity contribution in [3.05, 3.63) is 35.1 Å². The number of hydrogen-bond acceptors (Lipinski definition) is 0. The van der Waals surface area contributed by atoms with E-state index in [9.17, 15) is 4.39 Å². The fourth-order valence-corrected chi connectivity index (χ4v) is 1.89. The van der Waals surface area contributed by atoms with Gasteiger partial charge in [0.25, 0.3) is 0 Å². The predicted molar refractivity (Wildman–Crippen MR) is 56.9 cm³/mol. The van der Waals surface area contributed by atoms with Crippen molar-refractivity contribution in [3.63, 3.8) is 0 Å². The maximum atomic E-state index is 13.6. The van der Waals surface area contributed by atoms with Crippen molar-refractivity contribution in [1.29, 1.82) is 0 Å². The van der Waals surface area contributed by atoms with Crippen LogP contribution in [-0.4, -0.2) is 0 Å². The molecule has 0 saturated heterocycles. The Hall–Kier alpha value is -0.850. The van der Waals surface area contributed by atoms with Gasteiger partial charge in [-0.25, -0.2) is 4.39 Å². The van der Waals surface area contributed by atoms with Gasteiger partial charge in [0.2, 0.25) is 0 Å². The van der Waals surface area contributed by atoms with E-state index in [1.54, 1.807) is 6.07 Å². The third kappa shape index (κ3) is 2.14. The Morgan fingerprint density at radius 2 is 2.07 bits per heavy atom. The van der Waals surface area contributed by atoms with Gasteiger partial charge in [-0.1, -0.05) is 26.0 Å². The highest BCUT2D eigenvalue weighted by atomic mass is 19.1. The van der Waals surface area contributed by atoms with Crippen LogP contribution in [0.4, 0.5) is 4.39 Å². The Kier molecular flexibility index (Phi) is 2.58. The van der Waals surface area contributed by atoms with Gasteiger partial charge < -0.3 is 0 Å². The maximum Gasteiger partial charge on any atom is 0.126 e. The summed E-state index contributed by atoms with van der Waals surface area (Å²) in [5.74, 6) is 1.12. The highest BCUT2D eigenvalue weighted by molar-refractivity contribution is 5.30. The van der Waals surface area contributed by atoms with Gasteiger partial charge in [-0.05, 0) is 48.3 Å². The molecule has 0 aromatic heterocycles. The molecule has 14 heavy (non-hydrogen) atoms. The molecule has 76 valence electrons. The number of hydrogen-bond donors (Lipinski definition) is 0. The molecule has 1 fully saturated rings. The SMILES string of the molecule is CC(C)Cc1ccc(C2CC2)c(F)c1. The molecule has 0 radical (unpaired) electrons. The number of benzene rings is 1. The average Bonchev–Trinajstić information content (AvgIpc) is 2.86. The van der Waals surface area contributed by atoms with Gasteiger partial charge >= 0.3 is 0 Å². The third-order valence-corrected chi connectivity index (χ3v) is 2.73. The monoisotopic (exact) mass is 192 g/mol. The second-order valence-electron chi connectivity index (χ2n) is 4.73. The van der Waals surface area contributed by atoms with E-state index >= 15 is 0 Å². The molecule has 0 nitrogen and oxygen atoms in total. The molecule has 0 spiro atoms. The zero-order chi connectivity index (χ0) is 10.1. The minimum atomic E-state index is 0.00523. The van der Waals surface area contributed by atoms with Gasteiger partial charge in [-0.2, -0.15) is 0 Å². The van der Waals surface area contributed by atoms with E-state index in [1.807, 2.05) is 6.07 Å². The van der Waals surface area contributed by atoms with Crippen LogP contribution in [0, 0.1) is 11.7 Å². The fourth-order valence-electron chi connectivity index (χ4n) is 1.89. The lowest BCUT2D eigenvalue weighted by Crippen LogP contribution is -1.96. The van der Waals surface area contributed by atoms with Gasteiger partial charge in [0.15, 0.2) is 0 Å². The topological polar surface area (TPSA) is 0 Å². The molecule has 1 aliphatic rings. The number of rotatable bonds is 3. The molecule has 0 N–H and O–H groups in total.